The summed E-state index contributed by atoms with van der Waals surface area (Å²) in [6.07, 6.45) is 2.74. The van der Waals surface area contributed by atoms with Crippen LogP contribution in [-0.4, -0.2) is 48.7 Å². The van der Waals surface area contributed by atoms with Crippen LogP contribution in [0.3, 0.4) is 0 Å². The molecule has 2 aliphatic heterocycles. The number of primary amides is 1. The minimum absolute atomic E-state index is 0.00495. The molecule has 7 nitrogen and oxygen atoms in total. The number of piperidine rings is 1. The van der Waals surface area contributed by atoms with Crippen molar-refractivity contribution in [1.82, 2.24) is 9.97 Å². The number of ether oxygens (including phenoxy) is 1. The van der Waals surface area contributed by atoms with Crippen LogP contribution in [0.2, 0.25) is 0 Å². The molecule has 0 spiro atoms. The number of amides is 1. The van der Waals surface area contributed by atoms with Gasteiger partial charge in [0.1, 0.15) is 17.5 Å². The van der Waals surface area contributed by atoms with Crippen LogP contribution in [0.5, 0.6) is 0 Å². The van der Waals surface area contributed by atoms with E-state index in [1.165, 1.54) is 0 Å². The molecule has 3 rings (SSSR count). The fraction of sp³-hybridized carbons (Fsp3) is 0.688. The van der Waals surface area contributed by atoms with E-state index >= 15 is 0 Å². The van der Waals surface area contributed by atoms with E-state index in [0.29, 0.717) is 12.5 Å². The van der Waals surface area contributed by atoms with E-state index in [2.05, 4.69) is 20.2 Å². The highest BCUT2D eigenvalue weighted by molar-refractivity contribution is 5.77. The van der Waals surface area contributed by atoms with Gasteiger partial charge in [-0.3, -0.25) is 4.79 Å². The van der Waals surface area contributed by atoms with E-state index in [1.807, 2.05) is 20.0 Å². The molecule has 2 atom stereocenters. The zero-order valence-electron chi connectivity index (χ0n) is 13.8. The number of nitrogens with two attached hydrogens (primary N) is 1. The standard InChI is InChI=1S/C16H25N5O2/c1-10-19-13(18-2)9-14(20-10)21-6-3-11(4-7-21)15-12(16(17)22)5-8-23-15/h9,11-12,15H,3-8H2,1-2H3,(H2,17,22)(H,18,19,20)/t12-,15+/m0/s1. The predicted octanol–water partition coefficient (Wildman–Crippen LogP) is 0.934. The summed E-state index contributed by atoms with van der Waals surface area (Å²) < 4.78 is 5.81. The Morgan fingerprint density at radius 2 is 2.09 bits per heavy atom. The summed E-state index contributed by atoms with van der Waals surface area (Å²) in [7, 11) is 1.86. The maximum Gasteiger partial charge on any atom is 0.223 e. The molecular formula is C16H25N5O2. The number of rotatable bonds is 4. The van der Waals surface area contributed by atoms with Crippen LogP contribution in [0.25, 0.3) is 0 Å². The minimum atomic E-state index is -0.222. The van der Waals surface area contributed by atoms with Gasteiger partial charge in [-0.2, -0.15) is 0 Å². The van der Waals surface area contributed by atoms with Crippen molar-refractivity contribution in [3.05, 3.63) is 11.9 Å². The molecule has 0 bridgehead atoms. The van der Waals surface area contributed by atoms with Gasteiger partial charge in [-0.25, -0.2) is 9.97 Å². The molecule has 0 saturated carbocycles. The molecule has 23 heavy (non-hydrogen) atoms. The first-order valence-electron chi connectivity index (χ1n) is 8.28. The minimum Gasteiger partial charge on any atom is -0.377 e. The van der Waals surface area contributed by atoms with Crippen LogP contribution >= 0.6 is 0 Å². The van der Waals surface area contributed by atoms with Gasteiger partial charge >= 0.3 is 0 Å². The van der Waals surface area contributed by atoms with Gasteiger partial charge < -0.3 is 20.7 Å². The third-order valence-corrected chi connectivity index (χ3v) is 4.91. The average Bonchev–Trinajstić information content (AvgIpc) is 3.04. The highest BCUT2D eigenvalue weighted by atomic mass is 16.5. The molecule has 1 aromatic rings. The topological polar surface area (TPSA) is 93.4 Å². The van der Waals surface area contributed by atoms with Crippen LogP contribution in [0.4, 0.5) is 11.6 Å². The second kappa shape index (κ2) is 6.70. The number of aromatic nitrogens is 2. The lowest BCUT2D eigenvalue weighted by atomic mass is 9.84. The van der Waals surface area contributed by atoms with Crippen molar-refractivity contribution in [2.24, 2.45) is 17.6 Å². The van der Waals surface area contributed by atoms with Crippen molar-refractivity contribution >= 4 is 17.5 Å². The van der Waals surface area contributed by atoms with Crippen LogP contribution < -0.4 is 16.0 Å². The number of nitrogens with zero attached hydrogens (tertiary/aromatic N) is 3. The van der Waals surface area contributed by atoms with Crippen LogP contribution in [-0.2, 0) is 9.53 Å². The summed E-state index contributed by atoms with van der Waals surface area (Å²) >= 11 is 0. The molecular weight excluding hydrogens is 294 g/mol. The Hall–Kier alpha value is -1.89. The molecule has 0 radical (unpaired) electrons. The molecule has 2 saturated heterocycles. The second-order valence-corrected chi connectivity index (χ2v) is 6.37. The Kier molecular flexibility index (Phi) is 4.66. The maximum absolute atomic E-state index is 11.6. The van der Waals surface area contributed by atoms with Crippen LogP contribution in [0.1, 0.15) is 25.1 Å². The molecule has 2 aliphatic rings. The van der Waals surface area contributed by atoms with Gasteiger partial charge in [0.2, 0.25) is 5.91 Å². The number of aryl methyl sites for hydroxylation is 1. The number of carbonyl (C=O) groups is 1. The van der Waals surface area contributed by atoms with Crippen molar-refractivity contribution in [1.29, 1.82) is 0 Å². The molecule has 7 heteroatoms. The van der Waals surface area contributed by atoms with E-state index in [1.54, 1.807) is 0 Å². The lowest BCUT2D eigenvalue weighted by molar-refractivity contribution is -0.124. The van der Waals surface area contributed by atoms with Crippen molar-refractivity contribution in [3.63, 3.8) is 0 Å². The van der Waals surface area contributed by atoms with E-state index in [9.17, 15) is 4.79 Å². The molecule has 1 aromatic heterocycles. The Labute approximate surface area is 136 Å². The smallest absolute Gasteiger partial charge is 0.223 e. The molecule has 0 unspecified atom stereocenters. The summed E-state index contributed by atoms with van der Waals surface area (Å²) in [6, 6.07) is 1.98. The van der Waals surface area contributed by atoms with Gasteiger partial charge in [-0.15, -0.1) is 0 Å². The van der Waals surface area contributed by atoms with Gasteiger partial charge in [0.15, 0.2) is 0 Å². The summed E-state index contributed by atoms with van der Waals surface area (Å²) in [6.45, 7) is 4.38. The van der Waals surface area contributed by atoms with E-state index < -0.39 is 0 Å². The molecule has 0 aromatic carbocycles. The molecule has 0 aliphatic carbocycles. The zero-order chi connectivity index (χ0) is 16.4. The summed E-state index contributed by atoms with van der Waals surface area (Å²) in [5.41, 5.74) is 5.51. The Morgan fingerprint density at radius 1 is 1.35 bits per heavy atom. The van der Waals surface area contributed by atoms with Crippen molar-refractivity contribution in [2.45, 2.75) is 32.3 Å². The Bertz CT molecular complexity index is 572. The third kappa shape index (κ3) is 3.39. The normalized spacial score (nSPS) is 25.6. The number of hydrogen-bond donors (Lipinski definition) is 2. The highest BCUT2D eigenvalue weighted by Gasteiger charge is 2.39. The molecule has 2 fully saturated rings. The van der Waals surface area contributed by atoms with Crippen LogP contribution in [0, 0.1) is 18.8 Å². The third-order valence-electron chi connectivity index (χ3n) is 4.91. The fourth-order valence-electron chi connectivity index (χ4n) is 3.68. The Balaban J connectivity index is 1.64. The van der Waals surface area contributed by atoms with E-state index in [4.69, 9.17) is 10.5 Å². The van der Waals surface area contributed by atoms with Crippen LogP contribution in [0.15, 0.2) is 6.07 Å². The monoisotopic (exact) mass is 319 g/mol. The highest BCUT2D eigenvalue weighted by Crippen LogP contribution is 2.34. The van der Waals surface area contributed by atoms with E-state index in [-0.39, 0.29) is 17.9 Å². The average molecular weight is 319 g/mol. The number of anilines is 2. The first kappa shape index (κ1) is 16.0. The molecule has 126 valence electrons. The summed E-state index contributed by atoms with van der Waals surface area (Å²) in [5, 5.41) is 3.07. The maximum atomic E-state index is 11.6. The van der Waals surface area contributed by atoms with E-state index in [0.717, 1.165) is 49.8 Å². The van der Waals surface area contributed by atoms with Gasteiger partial charge in [-0.1, -0.05) is 0 Å². The van der Waals surface area contributed by atoms with Crippen molar-refractivity contribution < 1.29 is 9.53 Å². The van der Waals surface area contributed by atoms with Gasteiger partial charge in [0, 0.05) is 32.8 Å². The molecule has 3 heterocycles. The zero-order valence-corrected chi connectivity index (χ0v) is 13.8. The van der Waals surface area contributed by atoms with Gasteiger partial charge in [0.25, 0.3) is 0 Å². The van der Waals surface area contributed by atoms with Gasteiger partial charge in [-0.05, 0) is 32.1 Å². The number of nitrogens with one attached hydrogen (secondary N) is 1. The lowest BCUT2D eigenvalue weighted by Crippen LogP contribution is -2.42. The largest absolute Gasteiger partial charge is 0.377 e. The Morgan fingerprint density at radius 3 is 2.74 bits per heavy atom. The molecule has 1 amide bonds. The second-order valence-electron chi connectivity index (χ2n) is 6.37. The first-order chi connectivity index (χ1) is 11.1. The van der Waals surface area contributed by atoms with Crippen molar-refractivity contribution in [2.75, 3.05) is 37.0 Å². The number of hydrogen-bond acceptors (Lipinski definition) is 6. The summed E-state index contributed by atoms with van der Waals surface area (Å²) in [5.74, 6) is 2.62. The fourth-order valence-corrected chi connectivity index (χ4v) is 3.68. The van der Waals surface area contributed by atoms with Gasteiger partial charge in [0.05, 0.1) is 12.0 Å². The predicted molar refractivity (Wildman–Crippen MR) is 88.3 cm³/mol. The summed E-state index contributed by atoms with van der Waals surface area (Å²) in [4.78, 5) is 22.7. The van der Waals surface area contributed by atoms with Crippen molar-refractivity contribution in [3.8, 4) is 0 Å². The lowest BCUT2D eigenvalue weighted by Gasteiger charge is -2.36. The quantitative estimate of drug-likeness (QED) is 0.857. The molecule has 3 N–H and O–H groups in total. The SMILES string of the molecule is CNc1cc(N2CCC([C@H]3OCC[C@@H]3C(N)=O)CC2)nc(C)n1. The number of carbonyl (C=O) groups excluding carboxylic acids is 1. The first-order valence-corrected chi connectivity index (χ1v) is 8.28.